The van der Waals surface area contributed by atoms with Crippen LogP contribution in [-0.4, -0.2) is 17.3 Å². The molecule has 1 atom stereocenters. The lowest BCUT2D eigenvalue weighted by molar-refractivity contribution is 0.0571. The van der Waals surface area contributed by atoms with E-state index in [0.717, 1.165) is 11.3 Å². The van der Waals surface area contributed by atoms with Crippen LogP contribution in [0.2, 0.25) is 0 Å². The number of nitrogens with two attached hydrogens (primary N) is 1. The summed E-state index contributed by atoms with van der Waals surface area (Å²) in [7, 11) is 0. The molecular formula is C13H22N2O2. The van der Waals surface area contributed by atoms with Gasteiger partial charge in [0.2, 0.25) is 0 Å². The lowest BCUT2D eigenvalue weighted by Crippen LogP contribution is -2.38. The van der Waals surface area contributed by atoms with Gasteiger partial charge in [0.05, 0.1) is 0 Å². The van der Waals surface area contributed by atoms with Crippen molar-refractivity contribution >= 4 is 0 Å². The van der Waals surface area contributed by atoms with Crippen LogP contribution in [0, 0.1) is 0 Å². The molecule has 0 heterocycles. The highest BCUT2D eigenvalue weighted by Gasteiger charge is 2.22. The third-order valence-corrected chi connectivity index (χ3v) is 2.35. The largest absolute Gasteiger partial charge is 0.488 e. The fourth-order valence-corrected chi connectivity index (χ4v) is 1.54. The second kappa shape index (κ2) is 5.04. The van der Waals surface area contributed by atoms with Gasteiger partial charge >= 0.3 is 0 Å². The quantitative estimate of drug-likeness (QED) is 0.550. The smallest absolute Gasteiger partial charge is 0.120 e. The summed E-state index contributed by atoms with van der Waals surface area (Å²) in [6.07, 6.45) is 0. The summed E-state index contributed by atoms with van der Waals surface area (Å²) in [6.45, 7) is 8.00. The minimum absolute atomic E-state index is 0.219. The van der Waals surface area contributed by atoms with Gasteiger partial charge in [0.25, 0.3) is 0 Å². The first kappa shape index (κ1) is 14.0. The van der Waals surface area contributed by atoms with Crippen LogP contribution < -0.4 is 16.0 Å². The van der Waals surface area contributed by atoms with E-state index in [4.69, 9.17) is 10.6 Å². The summed E-state index contributed by atoms with van der Waals surface area (Å²) in [4.78, 5) is 0. The highest BCUT2D eigenvalue weighted by molar-refractivity contribution is 5.31. The van der Waals surface area contributed by atoms with E-state index in [9.17, 15) is 5.11 Å². The molecular weight excluding hydrogens is 216 g/mol. The van der Waals surface area contributed by atoms with Crippen molar-refractivity contribution in [2.45, 2.75) is 38.9 Å². The normalized spacial score (nSPS) is 15.4. The first-order valence-corrected chi connectivity index (χ1v) is 5.70. The molecule has 1 unspecified atom stereocenters. The summed E-state index contributed by atoms with van der Waals surface area (Å²) in [5, 5.41) is 10.1. The van der Waals surface area contributed by atoms with Crippen LogP contribution in [0.4, 0.5) is 0 Å². The van der Waals surface area contributed by atoms with Crippen LogP contribution in [0.15, 0.2) is 24.3 Å². The number of hydrazine groups is 1. The molecule has 0 amide bonds. The molecule has 0 aliphatic rings. The lowest BCUT2D eigenvalue weighted by Gasteiger charge is -2.25. The van der Waals surface area contributed by atoms with Crippen molar-refractivity contribution in [2.75, 3.05) is 6.54 Å². The lowest BCUT2D eigenvalue weighted by atomic mass is 9.96. The second-order valence-corrected chi connectivity index (χ2v) is 5.39. The molecule has 0 radical (unpaired) electrons. The number of aliphatic hydroxyl groups is 1. The van der Waals surface area contributed by atoms with Gasteiger partial charge in [-0.1, -0.05) is 12.1 Å². The van der Waals surface area contributed by atoms with Crippen molar-refractivity contribution in [1.29, 1.82) is 0 Å². The molecule has 0 fully saturated rings. The van der Waals surface area contributed by atoms with Crippen molar-refractivity contribution < 1.29 is 9.84 Å². The van der Waals surface area contributed by atoms with E-state index in [0.29, 0.717) is 6.54 Å². The van der Waals surface area contributed by atoms with E-state index in [1.54, 1.807) is 6.92 Å². The Labute approximate surface area is 103 Å². The Hall–Kier alpha value is -1.10. The number of nitrogens with one attached hydrogen (secondary N) is 1. The van der Waals surface area contributed by atoms with Gasteiger partial charge in [-0.25, -0.2) is 0 Å². The van der Waals surface area contributed by atoms with Crippen LogP contribution in [0.25, 0.3) is 0 Å². The van der Waals surface area contributed by atoms with Gasteiger partial charge in [-0.3, -0.25) is 11.3 Å². The van der Waals surface area contributed by atoms with Gasteiger partial charge in [-0.15, -0.1) is 0 Å². The van der Waals surface area contributed by atoms with Gasteiger partial charge in [0.15, 0.2) is 0 Å². The standard InChI is InChI=1S/C13H22N2O2/c1-12(2,3)17-11-7-5-10(6-8-11)13(4,16)9-15-14/h5-8,15-16H,9,14H2,1-4H3. The Morgan fingerprint density at radius 3 is 2.12 bits per heavy atom. The monoisotopic (exact) mass is 238 g/mol. The Balaban J connectivity index is 2.81. The maximum Gasteiger partial charge on any atom is 0.120 e. The Morgan fingerprint density at radius 2 is 1.71 bits per heavy atom. The molecule has 0 aliphatic carbocycles. The maximum absolute atomic E-state index is 10.1. The number of hydrogen-bond acceptors (Lipinski definition) is 4. The van der Waals surface area contributed by atoms with Crippen molar-refractivity contribution in [2.24, 2.45) is 5.84 Å². The average Bonchev–Trinajstić information content (AvgIpc) is 2.15. The van der Waals surface area contributed by atoms with Gasteiger partial charge in [-0.2, -0.15) is 0 Å². The van der Waals surface area contributed by atoms with Crippen molar-refractivity contribution in [3.63, 3.8) is 0 Å². The first-order chi connectivity index (χ1) is 7.74. The summed E-state index contributed by atoms with van der Waals surface area (Å²) in [5.74, 6) is 6.02. The van der Waals surface area contributed by atoms with Gasteiger partial charge in [0, 0.05) is 6.54 Å². The maximum atomic E-state index is 10.1. The molecule has 1 rings (SSSR count). The predicted molar refractivity (Wildman–Crippen MR) is 68.6 cm³/mol. The SMILES string of the molecule is CC(C)(C)Oc1ccc(C(C)(O)CNN)cc1. The zero-order valence-corrected chi connectivity index (χ0v) is 10.9. The highest BCUT2D eigenvalue weighted by atomic mass is 16.5. The third kappa shape index (κ3) is 4.34. The molecule has 0 aromatic heterocycles. The minimum atomic E-state index is -0.977. The summed E-state index contributed by atoms with van der Waals surface area (Å²) in [5.41, 5.74) is 2.08. The van der Waals surface area contributed by atoms with Gasteiger partial charge in [0.1, 0.15) is 17.0 Å². The zero-order valence-electron chi connectivity index (χ0n) is 10.9. The summed E-state index contributed by atoms with van der Waals surface area (Å²) in [6, 6.07) is 7.40. The predicted octanol–water partition coefficient (Wildman–Crippen LogP) is 1.53. The summed E-state index contributed by atoms with van der Waals surface area (Å²) >= 11 is 0. The molecule has 0 aliphatic heterocycles. The Bertz CT molecular complexity index is 353. The number of benzene rings is 1. The molecule has 4 N–H and O–H groups in total. The molecule has 0 saturated heterocycles. The molecule has 1 aromatic rings. The average molecular weight is 238 g/mol. The summed E-state index contributed by atoms with van der Waals surface area (Å²) < 4.78 is 5.71. The van der Waals surface area contributed by atoms with E-state index in [1.807, 2.05) is 45.0 Å². The van der Waals surface area contributed by atoms with Crippen LogP contribution >= 0.6 is 0 Å². The minimum Gasteiger partial charge on any atom is -0.488 e. The fourth-order valence-electron chi connectivity index (χ4n) is 1.54. The van der Waals surface area contributed by atoms with E-state index >= 15 is 0 Å². The number of rotatable bonds is 4. The van der Waals surface area contributed by atoms with Crippen LogP contribution in [0.3, 0.4) is 0 Å². The fraction of sp³-hybridized carbons (Fsp3) is 0.538. The molecule has 96 valence electrons. The van der Waals surface area contributed by atoms with Crippen molar-refractivity contribution in [3.8, 4) is 5.75 Å². The van der Waals surface area contributed by atoms with Gasteiger partial charge in [-0.05, 0) is 45.4 Å². The number of hydrogen-bond donors (Lipinski definition) is 3. The molecule has 0 spiro atoms. The van der Waals surface area contributed by atoms with Crippen molar-refractivity contribution in [3.05, 3.63) is 29.8 Å². The molecule has 17 heavy (non-hydrogen) atoms. The molecule has 0 bridgehead atoms. The topological polar surface area (TPSA) is 67.5 Å². The van der Waals surface area contributed by atoms with Gasteiger partial charge < -0.3 is 9.84 Å². The van der Waals surface area contributed by atoms with E-state index < -0.39 is 5.60 Å². The zero-order chi connectivity index (χ0) is 13.1. The molecule has 4 nitrogen and oxygen atoms in total. The van der Waals surface area contributed by atoms with Crippen LogP contribution in [0.5, 0.6) is 5.75 Å². The third-order valence-electron chi connectivity index (χ3n) is 2.35. The van der Waals surface area contributed by atoms with Crippen LogP contribution in [0.1, 0.15) is 33.3 Å². The highest BCUT2D eigenvalue weighted by Crippen LogP contribution is 2.24. The first-order valence-electron chi connectivity index (χ1n) is 5.70. The van der Waals surface area contributed by atoms with E-state index in [-0.39, 0.29) is 5.60 Å². The second-order valence-electron chi connectivity index (χ2n) is 5.39. The molecule has 1 aromatic carbocycles. The Morgan fingerprint density at radius 1 is 1.18 bits per heavy atom. The Kier molecular flexibility index (Phi) is 4.14. The van der Waals surface area contributed by atoms with Crippen LogP contribution in [-0.2, 0) is 5.60 Å². The van der Waals surface area contributed by atoms with E-state index in [1.165, 1.54) is 0 Å². The molecule has 0 saturated carbocycles. The van der Waals surface area contributed by atoms with Crippen molar-refractivity contribution in [1.82, 2.24) is 5.43 Å². The van der Waals surface area contributed by atoms with E-state index in [2.05, 4.69) is 5.43 Å². The molecule has 4 heteroatoms. The number of ether oxygens (including phenoxy) is 1.